The Kier molecular flexibility index (Phi) is 5.53. The highest BCUT2D eigenvalue weighted by Gasteiger charge is 2.20. The van der Waals surface area contributed by atoms with Crippen LogP contribution in [0.2, 0.25) is 0 Å². The molecule has 144 valence electrons. The van der Waals surface area contributed by atoms with Crippen molar-refractivity contribution < 1.29 is 4.74 Å². The maximum absolute atomic E-state index is 5.47. The van der Waals surface area contributed by atoms with Crippen LogP contribution in [0.25, 0.3) is 32.0 Å². The lowest BCUT2D eigenvalue weighted by molar-refractivity contribution is 0.415. The van der Waals surface area contributed by atoms with E-state index in [9.17, 15) is 0 Å². The van der Waals surface area contributed by atoms with E-state index in [2.05, 4.69) is 74.0 Å². The molecule has 0 fully saturated rings. The molecule has 0 aliphatic carbocycles. The number of hydrogen-bond acceptors (Lipinski definition) is 4. The zero-order valence-corrected chi connectivity index (χ0v) is 20.5. The van der Waals surface area contributed by atoms with Crippen LogP contribution in [0.15, 0.2) is 40.9 Å². The minimum Gasteiger partial charge on any atom is -0.497 e. The second kappa shape index (κ2) is 7.79. The van der Waals surface area contributed by atoms with Crippen LogP contribution in [0.5, 0.6) is 5.75 Å². The van der Waals surface area contributed by atoms with Gasteiger partial charge in [0.25, 0.3) is 0 Å². The number of hydrogen-bond donors (Lipinski definition) is 0. The first-order valence-corrected chi connectivity index (χ1v) is 12.2. The molecule has 0 saturated carbocycles. The van der Waals surface area contributed by atoms with Gasteiger partial charge in [0.1, 0.15) is 5.75 Å². The van der Waals surface area contributed by atoms with Crippen LogP contribution in [0.1, 0.15) is 19.5 Å². The molecule has 0 radical (unpaired) electrons. The van der Waals surface area contributed by atoms with Gasteiger partial charge in [0.05, 0.1) is 7.11 Å². The third-order valence-corrected chi connectivity index (χ3v) is 8.61. The Morgan fingerprint density at radius 3 is 1.93 bits per heavy atom. The second-order valence-electron chi connectivity index (χ2n) is 6.85. The van der Waals surface area contributed by atoms with E-state index in [4.69, 9.17) is 4.74 Å². The average molecular weight is 490 g/mol. The van der Waals surface area contributed by atoms with E-state index in [1.165, 1.54) is 51.5 Å². The fourth-order valence-electron chi connectivity index (χ4n) is 3.50. The van der Waals surface area contributed by atoms with Crippen molar-refractivity contribution >= 4 is 49.9 Å². The van der Waals surface area contributed by atoms with Crippen molar-refractivity contribution in [2.45, 2.75) is 27.7 Å². The minimum atomic E-state index is 0.875. The van der Waals surface area contributed by atoms with Gasteiger partial charge < -0.3 is 4.74 Å². The molecular weight excluding hydrogens is 468 g/mol. The molecule has 0 aliphatic rings. The highest BCUT2D eigenvalue weighted by atomic mass is 79.9. The molecule has 3 heterocycles. The van der Waals surface area contributed by atoms with Crippen molar-refractivity contribution in [3.05, 3.63) is 60.4 Å². The third kappa shape index (κ3) is 3.61. The zero-order valence-electron chi connectivity index (χ0n) is 16.5. The maximum atomic E-state index is 5.47. The molecule has 1 aromatic carbocycles. The molecule has 0 unspecified atom stereocenters. The SMILES string of the molecule is COc1ccc(Br)c(-c2cc(-c3cc(C)sc3C)c(-c3cc(C)sc3C)s2)c1. The van der Waals surface area contributed by atoms with Gasteiger partial charge in [0, 0.05) is 50.4 Å². The fourth-order valence-corrected chi connectivity index (χ4v) is 7.30. The lowest BCUT2D eigenvalue weighted by Crippen LogP contribution is -1.83. The summed E-state index contributed by atoms with van der Waals surface area (Å²) in [5.41, 5.74) is 5.21. The van der Waals surface area contributed by atoms with Gasteiger partial charge in [-0.1, -0.05) is 15.9 Å². The fraction of sp³-hybridized carbons (Fsp3) is 0.217. The summed E-state index contributed by atoms with van der Waals surface area (Å²) < 4.78 is 6.56. The van der Waals surface area contributed by atoms with Crippen LogP contribution in [0, 0.1) is 27.7 Å². The molecule has 0 spiro atoms. The van der Waals surface area contributed by atoms with E-state index in [0.29, 0.717) is 0 Å². The summed E-state index contributed by atoms with van der Waals surface area (Å²) in [5.74, 6) is 0.875. The molecule has 0 N–H and O–H groups in total. The molecule has 4 aromatic rings. The lowest BCUT2D eigenvalue weighted by atomic mass is 10.0. The number of benzene rings is 1. The molecule has 0 saturated heterocycles. The first kappa shape index (κ1) is 19.9. The molecule has 4 rings (SSSR count). The van der Waals surface area contributed by atoms with Crippen molar-refractivity contribution in [1.82, 2.24) is 0 Å². The summed E-state index contributed by atoms with van der Waals surface area (Å²) in [6, 6.07) is 13.2. The van der Waals surface area contributed by atoms with Crippen molar-refractivity contribution in [2.24, 2.45) is 0 Å². The summed E-state index contributed by atoms with van der Waals surface area (Å²) in [4.78, 5) is 8.06. The van der Waals surface area contributed by atoms with E-state index >= 15 is 0 Å². The quantitative estimate of drug-likeness (QED) is 0.278. The molecule has 0 atom stereocenters. The number of aryl methyl sites for hydroxylation is 4. The van der Waals surface area contributed by atoms with E-state index in [1.54, 1.807) is 7.11 Å². The highest BCUT2D eigenvalue weighted by molar-refractivity contribution is 9.10. The number of halogens is 1. The van der Waals surface area contributed by atoms with Crippen LogP contribution in [-0.2, 0) is 0 Å². The van der Waals surface area contributed by atoms with E-state index in [0.717, 1.165) is 10.2 Å². The van der Waals surface area contributed by atoms with E-state index in [-0.39, 0.29) is 0 Å². The lowest BCUT2D eigenvalue weighted by Gasteiger charge is -2.05. The Labute approximate surface area is 186 Å². The van der Waals surface area contributed by atoms with Gasteiger partial charge in [-0.05, 0) is 69.7 Å². The Balaban J connectivity index is 1.97. The van der Waals surface area contributed by atoms with Crippen molar-refractivity contribution in [2.75, 3.05) is 7.11 Å². The summed E-state index contributed by atoms with van der Waals surface area (Å²) in [7, 11) is 1.72. The molecule has 3 aromatic heterocycles. The van der Waals surface area contributed by atoms with E-state index < -0.39 is 0 Å². The Morgan fingerprint density at radius 1 is 0.714 bits per heavy atom. The standard InChI is InChI=1S/C23H21BrOS3/c1-12-8-17(14(3)26-12)19-11-22(20-10-16(25-5)6-7-21(20)24)28-23(19)18-9-13(2)27-15(18)4/h6-11H,1-5H3. The molecule has 5 heteroatoms. The van der Waals surface area contributed by atoms with Crippen LogP contribution in [0.4, 0.5) is 0 Å². The number of thiophene rings is 3. The molecule has 0 aliphatic heterocycles. The topological polar surface area (TPSA) is 9.23 Å². The van der Waals surface area contributed by atoms with Crippen LogP contribution in [-0.4, -0.2) is 7.11 Å². The third-order valence-electron chi connectivity index (χ3n) is 4.79. The summed E-state index contributed by atoms with van der Waals surface area (Å²) in [5, 5.41) is 0. The smallest absolute Gasteiger partial charge is 0.119 e. The van der Waals surface area contributed by atoms with Crippen LogP contribution in [0.3, 0.4) is 0 Å². The van der Waals surface area contributed by atoms with Crippen molar-refractivity contribution in [3.63, 3.8) is 0 Å². The summed E-state index contributed by atoms with van der Waals surface area (Å²) >= 11 is 9.34. The predicted molar refractivity (Wildman–Crippen MR) is 130 cm³/mol. The van der Waals surface area contributed by atoms with Crippen LogP contribution >= 0.6 is 49.9 Å². The van der Waals surface area contributed by atoms with Gasteiger partial charge >= 0.3 is 0 Å². The first-order valence-electron chi connectivity index (χ1n) is 9.00. The molecule has 28 heavy (non-hydrogen) atoms. The Hall–Kier alpha value is -1.40. The van der Waals surface area contributed by atoms with Gasteiger partial charge in [0.15, 0.2) is 0 Å². The Bertz CT molecular complexity index is 1100. The summed E-state index contributed by atoms with van der Waals surface area (Å²) in [6.07, 6.45) is 0. The Morgan fingerprint density at radius 2 is 1.36 bits per heavy atom. The minimum absolute atomic E-state index is 0.875. The highest BCUT2D eigenvalue weighted by Crippen LogP contribution is 2.49. The van der Waals surface area contributed by atoms with Gasteiger partial charge in [0.2, 0.25) is 0 Å². The largest absolute Gasteiger partial charge is 0.497 e. The van der Waals surface area contributed by atoms with Crippen LogP contribution < -0.4 is 4.74 Å². The van der Waals surface area contributed by atoms with Gasteiger partial charge in [-0.2, -0.15) is 0 Å². The van der Waals surface area contributed by atoms with Gasteiger partial charge in [-0.25, -0.2) is 0 Å². The van der Waals surface area contributed by atoms with Gasteiger partial charge in [-0.15, -0.1) is 34.0 Å². The predicted octanol–water partition coefficient (Wildman–Crippen LogP) is 8.88. The van der Waals surface area contributed by atoms with Gasteiger partial charge in [-0.3, -0.25) is 0 Å². The second-order valence-corrected chi connectivity index (χ2v) is 11.7. The zero-order chi connectivity index (χ0) is 20.0. The number of methoxy groups -OCH3 is 1. The molecular formula is C23H21BrOS3. The summed E-state index contributed by atoms with van der Waals surface area (Å²) in [6.45, 7) is 8.82. The maximum Gasteiger partial charge on any atom is 0.119 e. The molecule has 0 amide bonds. The van der Waals surface area contributed by atoms with Crippen molar-refractivity contribution in [3.8, 4) is 37.8 Å². The first-order chi connectivity index (χ1) is 13.4. The normalized spacial score (nSPS) is 11.2. The van der Waals surface area contributed by atoms with E-state index in [1.807, 2.05) is 40.1 Å². The molecule has 0 bridgehead atoms. The number of ether oxygens (including phenoxy) is 1. The van der Waals surface area contributed by atoms with Crippen molar-refractivity contribution in [1.29, 1.82) is 0 Å². The monoisotopic (exact) mass is 488 g/mol. The average Bonchev–Trinajstić information content (AvgIpc) is 3.31. The molecule has 1 nitrogen and oxygen atoms in total. The number of rotatable bonds is 4.